The van der Waals surface area contributed by atoms with Crippen molar-refractivity contribution in [2.75, 3.05) is 26.2 Å². The van der Waals surface area contributed by atoms with E-state index in [9.17, 15) is 4.39 Å². The number of imidazole rings is 1. The fourth-order valence-corrected chi connectivity index (χ4v) is 4.86. The van der Waals surface area contributed by atoms with Gasteiger partial charge in [0.25, 0.3) is 0 Å². The van der Waals surface area contributed by atoms with Gasteiger partial charge in [0.2, 0.25) is 0 Å². The highest BCUT2D eigenvalue weighted by Gasteiger charge is 2.33. The monoisotopic (exact) mass is 454 g/mol. The van der Waals surface area contributed by atoms with Gasteiger partial charge in [-0.1, -0.05) is 35.9 Å². The molecule has 0 atom stereocenters. The van der Waals surface area contributed by atoms with Gasteiger partial charge < -0.3 is 14.8 Å². The first-order valence-corrected chi connectivity index (χ1v) is 11.3. The molecule has 0 radical (unpaired) electrons. The zero-order valence-electron chi connectivity index (χ0n) is 17.7. The lowest BCUT2D eigenvalue weighted by Crippen LogP contribution is -2.46. The largest absolute Gasteiger partial charge is 0.369 e. The van der Waals surface area contributed by atoms with E-state index in [-0.39, 0.29) is 5.82 Å². The number of nitrogens with one attached hydrogen (secondary N) is 1. The highest BCUT2D eigenvalue weighted by molar-refractivity contribution is 6.37. The van der Waals surface area contributed by atoms with Crippen LogP contribution < -0.4 is 5.32 Å². The van der Waals surface area contributed by atoms with Crippen molar-refractivity contribution in [1.82, 2.24) is 19.8 Å². The summed E-state index contributed by atoms with van der Waals surface area (Å²) in [5, 5.41) is 3.81. The summed E-state index contributed by atoms with van der Waals surface area (Å²) in [6.45, 7) is 2.93. The van der Waals surface area contributed by atoms with Crippen LogP contribution in [0.15, 0.2) is 66.1 Å². The molecular weight excluding hydrogens is 430 g/mol. The van der Waals surface area contributed by atoms with Crippen LogP contribution in [0.4, 0.5) is 8.78 Å². The van der Waals surface area contributed by atoms with E-state index in [1.807, 2.05) is 33.9 Å². The van der Waals surface area contributed by atoms with Gasteiger partial charge in [-0.3, -0.25) is 0 Å². The molecule has 1 aromatic heterocycles. The second-order valence-electron chi connectivity index (χ2n) is 8.63. The van der Waals surface area contributed by atoms with E-state index in [0.717, 1.165) is 27.7 Å². The maximum absolute atomic E-state index is 15.1. The Kier molecular flexibility index (Phi) is 5.74. The van der Waals surface area contributed by atoms with Gasteiger partial charge in [0.05, 0.1) is 28.9 Å². The van der Waals surface area contributed by atoms with Crippen LogP contribution in [-0.4, -0.2) is 46.3 Å². The van der Waals surface area contributed by atoms with Crippen LogP contribution in [0.2, 0.25) is 0 Å². The van der Waals surface area contributed by atoms with Gasteiger partial charge in [0, 0.05) is 19.3 Å². The quantitative estimate of drug-likeness (QED) is 0.582. The minimum atomic E-state index is -1.17. The number of piperidine rings is 1. The maximum Gasteiger partial charge on any atom is 0.130 e. The molecule has 0 amide bonds. The lowest BCUT2D eigenvalue weighted by molar-refractivity contribution is 0.0824. The van der Waals surface area contributed by atoms with E-state index < -0.39 is 5.67 Å². The van der Waals surface area contributed by atoms with Crippen LogP contribution in [0.1, 0.15) is 24.0 Å². The number of aromatic nitrogens is 2. The van der Waals surface area contributed by atoms with Crippen LogP contribution in [-0.2, 0) is 6.54 Å². The number of nitrogens with zero attached hydrogens (tertiary/aromatic N) is 3. The third-order valence-electron chi connectivity index (χ3n) is 6.24. The molecule has 0 aliphatic carbocycles. The highest BCUT2D eigenvalue weighted by atomic mass is 35.5. The van der Waals surface area contributed by atoms with Crippen LogP contribution >= 0.6 is 11.6 Å². The number of rotatable bonds is 5. The van der Waals surface area contributed by atoms with Crippen molar-refractivity contribution in [2.24, 2.45) is 0 Å². The third kappa shape index (κ3) is 4.43. The first-order valence-electron chi connectivity index (χ1n) is 10.9. The number of hydrogen-bond donors (Lipinski definition) is 1. The molecule has 7 heteroatoms. The van der Waals surface area contributed by atoms with Crippen molar-refractivity contribution in [2.45, 2.75) is 25.1 Å². The van der Waals surface area contributed by atoms with E-state index in [1.54, 1.807) is 12.4 Å². The Hall–Kier alpha value is -2.70. The predicted octanol–water partition coefficient (Wildman–Crippen LogP) is 5.09. The van der Waals surface area contributed by atoms with Gasteiger partial charge in [-0.2, -0.15) is 0 Å². The summed E-state index contributed by atoms with van der Waals surface area (Å²) in [5.41, 5.74) is 3.44. The fraction of sp³-hybridized carbons (Fsp3) is 0.320. The Balaban J connectivity index is 1.36. The summed E-state index contributed by atoms with van der Waals surface area (Å²) < 4.78 is 30.7. The molecule has 1 N–H and O–H groups in total. The molecular formula is C25H25ClF2N4. The molecule has 0 saturated carbocycles. The van der Waals surface area contributed by atoms with Gasteiger partial charge in [-0.25, -0.2) is 13.8 Å². The molecule has 4 nitrogen and oxygen atoms in total. The summed E-state index contributed by atoms with van der Waals surface area (Å²) in [5.74, 6) is -0.249. The van der Waals surface area contributed by atoms with E-state index in [1.165, 1.54) is 12.1 Å². The molecule has 2 aliphatic rings. The van der Waals surface area contributed by atoms with Gasteiger partial charge >= 0.3 is 0 Å². The minimum Gasteiger partial charge on any atom is -0.369 e. The summed E-state index contributed by atoms with van der Waals surface area (Å²) in [7, 11) is 0. The predicted molar refractivity (Wildman–Crippen MR) is 125 cm³/mol. The summed E-state index contributed by atoms with van der Waals surface area (Å²) >= 11 is 6.64. The average Bonchev–Trinajstić information content (AvgIpc) is 3.16. The number of alkyl halides is 1. The highest BCUT2D eigenvalue weighted by Crippen LogP contribution is 2.33. The molecule has 1 saturated heterocycles. The van der Waals surface area contributed by atoms with Crippen molar-refractivity contribution in [1.29, 1.82) is 0 Å². The Morgan fingerprint density at radius 1 is 1.12 bits per heavy atom. The number of allylic oxidation sites excluding steroid dienone is 2. The maximum atomic E-state index is 15.1. The molecule has 2 aliphatic heterocycles. The molecule has 5 rings (SSSR count). The molecule has 0 unspecified atom stereocenters. The van der Waals surface area contributed by atoms with Crippen molar-refractivity contribution < 1.29 is 8.78 Å². The number of benzene rings is 2. The van der Waals surface area contributed by atoms with Crippen LogP contribution in [0.5, 0.6) is 0 Å². The molecule has 2 aromatic carbocycles. The van der Waals surface area contributed by atoms with Gasteiger partial charge in [-0.05, 0) is 66.9 Å². The number of hydrogen-bond acceptors (Lipinski definition) is 3. The van der Waals surface area contributed by atoms with Gasteiger partial charge in [0.1, 0.15) is 11.5 Å². The lowest BCUT2D eigenvalue weighted by Gasteiger charge is -2.35. The first-order chi connectivity index (χ1) is 15.5. The Bertz CT molecular complexity index is 1190. The molecule has 166 valence electrons. The Labute approximate surface area is 191 Å². The molecule has 0 bridgehead atoms. The number of halogens is 3. The zero-order valence-corrected chi connectivity index (χ0v) is 18.5. The fourth-order valence-electron chi connectivity index (χ4n) is 4.53. The molecule has 0 spiro atoms. The normalized spacial score (nSPS) is 18.5. The number of fused-ring (bicyclic) bond motifs is 1. The SMILES string of the molecule is Fc1cccc(Cn2cnc3ccc(C4=CCN(CC5(F)CCNCC5)C=C4Cl)cc32)c1. The molecule has 3 heterocycles. The topological polar surface area (TPSA) is 33.1 Å². The van der Waals surface area contributed by atoms with Crippen molar-refractivity contribution >= 4 is 28.2 Å². The van der Waals surface area contributed by atoms with Crippen LogP contribution in [0.25, 0.3) is 16.6 Å². The van der Waals surface area contributed by atoms with Gasteiger partial charge in [-0.15, -0.1) is 0 Å². The smallest absolute Gasteiger partial charge is 0.130 e. The minimum absolute atomic E-state index is 0.249. The molecule has 32 heavy (non-hydrogen) atoms. The second-order valence-corrected chi connectivity index (χ2v) is 9.04. The average molecular weight is 455 g/mol. The van der Waals surface area contributed by atoms with Crippen LogP contribution in [0, 0.1) is 5.82 Å². The van der Waals surface area contributed by atoms with Crippen LogP contribution in [0.3, 0.4) is 0 Å². The summed E-state index contributed by atoms with van der Waals surface area (Å²) in [4.78, 5) is 6.44. The summed E-state index contributed by atoms with van der Waals surface area (Å²) in [6, 6.07) is 12.6. The van der Waals surface area contributed by atoms with Crippen molar-refractivity contribution in [3.8, 4) is 0 Å². The molecule has 1 fully saturated rings. The van der Waals surface area contributed by atoms with Crippen molar-refractivity contribution in [3.63, 3.8) is 0 Å². The van der Waals surface area contributed by atoms with E-state index in [2.05, 4.69) is 22.4 Å². The standard InChI is InChI=1S/C25H25ClF2N4/c26-22-15-31(16-25(28)7-9-29-10-8-25)11-6-21(22)19-4-5-23-24(13-19)32(17-30-23)14-18-2-1-3-20(27)12-18/h1-6,12-13,15,17,29H,7-11,14,16H2. The molecule has 3 aromatic rings. The van der Waals surface area contributed by atoms with E-state index >= 15 is 4.39 Å². The first kappa shape index (κ1) is 21.2. The second kappa shape index (κ2) is 8.68. The van der Waals surface area contributed by atoms with E-state index in [4.69, 9.17) is 11.6 Å². The van der Waals surface area contributed by atoms with Gasteiger partial charge in [0.15, 0.2) is 0 Å². The Morgan fingerprint density at radius 2 is 1.97 bits per heavy atom. The Morgan fingerprint density at radius 3 is 2.75 bits per heavy atom. The lowest BCUT2D eigenvalue weighted by atomic mass is 9.93. The third-order valence-corrected chi connectivity index (χ3v) is 6.54. The van der Waals surface area contributed by atoms with Crippen molar-refractivity contribution in [3.05, 3.63) is 83.0 Å². The summed E-state index contributed by atoms with van der Waals surface area (Å²) in [6.07, 6.45) is 6.73. The zero-order chi connectivity index (χ0) is 22.1. The van der Waals surface area contributed by atoms with E-state index in [0.29, 0.717) is 50.6 Å².